The lowest BCUT2D eigenvalue weighted by Gasteiger charge is -2.14. The average molecular weight is 363 g/mol. The summed E-state index contributed by atoms with van der Waals surface area (Å²) < 4.78 is 5.15. The number of nitrogens with zero attached hydrogens (tertiary/aromatic N) is 1. The lowest BCUT2D eigenvalue weighted by Crippen LogP contribution is -2.32. The van der Waals surface area contributed by atoms with E-state index in [2.05, 4.69) is 6.92 Å². The van der Waals surface area contributed by atoms with Gasteiger partial charge in [0.25, 0.3) is 11.8 Å². The van der Waals surface area contributed by atoms with Gasteiger partial charge in [0.2, 0.25) is 0 Å². The monoisotopic (exact) mass is 363 g/mol. The molecule has 25 heavy (non-hydrogen) atoms. The Morgan fingerprint density at radius 1 is 1.08 bits per heavy atom. The number of hydrogen-bond donors (Lipinski definition) is 1. The van der Waals surface area contributed by atoms with Crippen LogP contribution in [0.15, 0.2) is 29.2 Å². The van der Waals surface area contributed by atoms with Crippen molar-refractivity contribution in [2.24, 2.45) is 0 Å². The van der Waals surface area contributed by atoms with Crippen LogP contribution < -0.4 is 4.74 Å². The maximum Gasteiger partial charge on any atom is 0.267 e. The van der Waals surface area contributed by atoms with Crippen LogP contribution in [0.3, 0.4) is 0 Å². The van der Waals surface area contributed by atoms with E-state index in [1.807, 2.05) is 0 Å². The van der Waals surface area contributed by atoms with Crippen LogP contribution in [-0.4, -0.2) is 47.8 Å². The van der Waals surface area contributed by atoms with Crippen molar-refractivity contribution in [3.8, 4) is 5.75 Å². The fraction of sp³-hybridized carbons (Fsp3) is 0.474. The molecular weight excluding hydrogens is 338 g/mol. The molecule has 1 aromatic rings. The van der Waals surface area contributed by atoms with E-state index in [0.717, 1.165) is 25.7 Å². The zero-order valence-electron chi connectivity index (χ0n) is 14.8. The molecule has 6 heteroatoms. The number of unbranched alkanes of at least 4 members (excludes halogenated alkanes) is 3. The molecule has 2 rings (SSSR count). The molecule has 1 aromatic carbocycles. The Kier molecular flexibility index (Phi) is 7.52. The Hall–Kier alpha value is -1.79. The van der Waals surface area contributed by atoms with E-state index in [1.165, 1.54) is 16.7 Å². The third-order valence-corrected chi connectivity index (χ3v) is 5.13. The van der Waals surface area contributed by atoms with Gasteiger partial charge in [0.1, 0.15) is 5.75 Å². The van der Waals surface area contributed by atoms with Crippen molar-refractivity contribution in [1.82, 2.24) is 4.90 Å². The Balaban J connectivity index is 2.25. The molecule has 5 nitrogen and oxygen atoms in total. The minimum absolute atomic E-state index is 0.0397. The number of imide groups is 1. The summed E-state index contributed by atoms with van der Waals surface area (Å²) in [5.41, 5.74) is 1.14. The molecule has 0 saturated carbocycles. The maximum absolute atomic E-state index is 12.8. The second kappa shape index (κ2) is 9.63. The summed E-state index contributed by atoms with van der Waals surface area (Å²) in [7, 11) is 1.58. The highest BCUT2D eigenvalue weighted by Crippen LogP contribution is 2.36. The van der Waals surface area contributed by atoms with E-state index in [0.29, 0.717) is 34.1 Å². The van der Waals surface area contributed by atoms with E-state index < -0.39 is 0 Å². The second-order valence-corrected chi connectivity index (χ2v) is 6.93. The van der Waals surface area contributed by atoms with E-state index >= 15 is 0 Å². The summed E-state index contributed by atoms with van der Waals surface area (Å²) in [5.74, 6) is 0.595. The van der Waals surface area contributed by atoms with Gasteiger partial charge >= 0.3 is 0 Å². The first-order chi connectivity index (χ1) is 12.1. The second-order valence-electron chi connectivity index (χ2n) is 5.83. The predicted molar refractivity (Wildman–Crippen MR) is 100 cm³/mol. The Labute approximate surface area is 153 Å². The standard InChI is InChI=1S/C19H25NO4S/c1-3-4-5-6-11-20-18(22)16(17(19(20)23)25-13-12-21)14-7-9-15(24-2)10-8-14/h7-10,21H,3-6,11-13H2,1-2H3. The molecule has 2 amide bonds. The number of hydrogen-bond acceptors (Lipinski definition) is 5. The summed E-state index contributed by atoms with van der Waals surface area (Å²) in [4.78, 5) is 27.3. The summed E-state index contributed by atoms with van der Waals surface area (Å²) >= 11 is 1.24. The van der Waals surface area contributed by atoms with Crippen LogP contribution in [0.2, 0.25) is 0 Å². The number of methoxy groups -OCH3 is 1. The maximum atomic E-state index is 12.8. The molecule has 0 radical (unpaired) electrons. The third kappa shape index (κ3) is 4.64. The molecule has 0 spiro atoms. The number of carbonyl (C=O) groups excluding carboxylic acids is 2. The molecule has 1 aliphatic heterocycles. The van der Waals surface area contributed by atoms with Gasteiger partial charge in [-0.05, 0) is 24.1 Å². The van der Waals surface area contributed by atoms with Crippen LogP contribution in [0, 0.1) is 0 Å². The molecule has 0 saturated heterocycles. The molecule has 0 aliphatic carbocycles. The van der Waals surface area contributed by atoms with Crippen molar-refractivity contribution in [3.63, 3.8) is 0 Å². The van der Waals surface area contributed by atoms with Gasteiger partial charge < -0.3 is 9.84 Å². The topological polar surface area (TPSA) is 66.8 Å². The summed E-state index contributed by atoms with van der Waals surface area (Å²) in [6, 6.07) is 7.13. The zero-order chi connectivity index (χ0) is 18.2. The van der Waals surface area contributed by atoms with Crippen LogP contribution in [0.1, 0.15) is 38.2 Å². The molecule has 1 N–H and O–H groups in total. The Bertz CT molecular complexity index is 639. The van der Waals surface area contributed by atoms with Gasteiger partial charge in [-0.1, -0.05) is 38.3 Å². The van der Waals surface area contributed by atoms with E-state index in [-0.39, 0.29) is 18.4 Å². The average Bonchev–Trinajstić information content (AvgIpc) is 2.87. The van der Waals surface area contributed by atoms with Gasteiger partial charge in [0, 0.05) is 12.3 Å². The smallest absolute Gasteiger partial charge is 0.267 e. The van der Waals surface area contributed by atoms with E-state index in [1.54, 1.807) is 31.4 Å². The number of aliphatic hydroxyl groups excluding tert-OH is 1. The number of aliphatic hydroxyl groups is 1. The molecule has 0 atom stereocenters. The summed E-state index contributed by atoms with van der Waals surface area (Å²) in [5, 5.41) is 9.10. The lowest BCUT2D eigenvalue weighted by molar-refractivity contribution is -0.136. The molecule has 0 aromatic heterocycles. The quantitative estimate of drug-likeness (QED) is 0.511. The first kappa shape index (κ1) is 19.5. The number of ether oxygens (including phenoxy) is 1. The number of rotatable bonds is 10. The molecule has 136 valence electrons. The minimum atomic E-state index is -0.245. The highest BCUT2D eigenvalue weighted by atomic mass is 32.2. The predicted octanol–water partition coefficient (Wildman–Crippen LogP) is 3.08. The van der Waals surface area contributed by atoms with Crippen LogP contribution >= 0.6 is 11.8 Å². The van der Waals surface area contributed by atoms with Crippen LogP contribution in [-0.2, 0) is 9.59 Å². The number of benzene rings is 1. The molecule has 0 unspecified atom stereocenters. The van der Waals surface area contributed by atoms with E-state index in [4.69, 9.17) is 9.84 Å². The van der Waals surface area contributed by atoms with Crippen molar-refractivity contribution in [2.45, 2.75) is 32.6 Å². The highest BCUT2D eigenvalue weighted by Gasteiger charge is 2.38. The molecule has 0 bridgehead atoms. The van der Waals surface area contributed by atoms with Crippen molar-refractivity contribution in [3.05, 3.63) is 34.7 Å². The summed E-state index contributed by atoms with van der Waals surface area (Å²) in [6.45, 7) is 2.53. The highest BCUT2D eigenvalue weighted by molar-refractivity contribution is 8.04. The largest absolute Gasteiger partial charge is 0.497 e. The number of thioether (sulfide) groups is 1. The number of carbonyl (C=O) groups is 2. The van der Waals surface area contributed by atoms with Crippen molar-refractivity contribution < 1.29 is 19.4 Å². The van der Waals surface area contributed by atoms with Crippen LogP contribution in [0.5, 0.6) is 5.75 Å². The third-order valence-electron chi connectivity index (χ3n) is 4.08. The van der Waals surface area contributed by atoms with Gasteiger partial charge in [0.15, 0.2) is 0 Å². The van der Waals surface area contributed by atoms with E-state index in [9.17, 15) is 9.59 Å². The number of amides is 2. The Morgan fingerprint density at radius 2 is 1.80 bits per heavy atom. The van der Waals surface area contributed by atoms with Crippen molar-refractivity contribution in [1.29, 1.82) is 0 Å². The molecular formula is C19H25NO4S. The van der Waals surface area contributed by atoms with Crippen LogP contribution in [0.4, 0.5) is 0 Å². The molecule has 1 aliphatic rings. The van der Waals surface area contributed by atoms with Crippen molar-refractivity contribution >= 4 is 29.1 Å². The van der Waals surface area contributed by atoms with Crippen LogP contribution in [0.25, 0.3) is 5.57 Å². The minimum Gasteiger partial charge on any atom is -0.497 e. The summed E-state index contributed by atoms with van der Waals surface area (Å²) in [6.07, 6.45) is 4.03. The first-order valence-corrected chi connectivity index (χ1v) is 9.61. The lowest BCUT2D eigenvalue weighted by atomic mass is 10.1. The normalized spacial score (nSPS) is 14.6. The van der Waals surface area contributed by atoms with Crippen molar-refractivity contribution in [2.75, 3.05) is 26.0 Å². The molecule has 0 fully saturated rings. The Morgan fingerprint density at radius 3 is 2.40 bits per heavy atom. The fourth-order valence-electron chi connectivity index (χ4n) is 2.75. The molecule has 1 heterocycles. The van der Waals surface area contributed by atoms with Gasteiger partial charge in [-0.15, -0.1) is 11.8 Å². The van der Waals surface area contributed by atoms with Gasteiger partial charge in [-0.2, -0.15) is 0 Å². The first-order valence-electron chi connectivity index (χ1n) is 8.62. The van der Waals surface area contributed by atoms with Gasteiger partial charge in [-0.25, -0.2) is 0 Å². The van der Waals surface area contributed by atoms with Gasteiger partial charge in [-0.3, -0.25) is 14.5 Å². The van der Waals surface area contributed by atoms with Gasteiger partial charge in [0.05, 0.1) is 24.2 Å². The SMILES string of the molecule is CCCCCCN1C(=O)C(SCCO)=C(c2ccc(OC)cc2)C1=O. The zero-order valence-corrected chi connectivity index (χ0v) is 15.6. The fourth-order valence-corrected chi connectivity index (χ4v) is 3.63.